The molecular weight excluding hydrogens is 665 g/mol. The van der Waals surface area contributed by atoms with Crippen LogP contribution in [-0.2, 0) is 12.8 Å². The van der Waals surface area contributed by atoms with Crippen molar-refractivity contribution in [2.75, 3.05) is 0 Å². The molecule has 2 aliphatic carbocycles. The lowest BCUT2D eigenvalue weighted by molar-refractivity contribution is 0.481. The Morgan fingerprint density at radius 3 is 1.09 bits per heavy atom. The Balaban J connectivity index is 1.13. The molecule has 0 aliphatic heterocycles. The summed E-state index contributed by atoms with van der Waals surface area (Å²) in [5.41, 5.74) is 19.9. The van der Waals surface area contributed by atoms with Crippen LogP contribution in [0.4, 0.5) is 0 Å². The van der Waals surface area contributed by atoms with Crippen LogP contribution in [0.2, 0.25) is 0 Å². The van der Waals surface area contributed by atoms with Crippen molar-refractivity contribution in [2.24, 2.45) is 0 Å². The van der Waals surface area contributed by atoms with E-state index in [1.807, 2.05) is 0 Å². The van der Waals surface area contributed by atoms with Crippen molar-refractivity contribution in [3.05, 3.63) is 226 Å². The second-order valence-corrected chi connectivity index (χ2v) is 14.4. The van der Waals surface area contributed by atoms with Crippen LogP contribution in [0.15, 0.2) is 182 Å². The molecule has 0 heterocycles. The molecule has 1 heteroatoms. The molecule has 0 bridgehead atoms. The molecule has 0 N–H and O–H groups in total. The van der Waals surface area contributed by atoms with Crippen molar-refractivity contribution in [3.63, 3.8) is 0 Å². The topological polar surface area (TPSA) is 9.23 Å². The third-order valence-corrected chi connectivity index (χ3v) is 11.1. The number of ether oxygens (including phenoxy) is 1. The summed E-state index contributed by atoms with van der Waals surface area (Å²) in [6.07, 6.45) is 10.7. The maximum Gasteiger partial charge on any atom is 0.135 e. The van der Waals surface area contributed by atoms with Crippen LogP contribution in [-0.4, -0.2) is 0 Å². The molecule has 260 valence electrons. The van der Waals surface area contributed by atoms with Gasteiger partial charge in [0.2, 0.25) is 0 Å². The van der Waals surface area contributed by atoms with E-state index in [1.54, 1.807) is 0 Å². The molecule has 0 amide bonds. The summed E-state index contributed by atoms with van der Waals surface area (Å²) in [6, 6.07) is 65.0. The molecule has 2 aliphatic rings. The first-order chi connectivity index (χ1) is 27.3. The molecule has 8 aromatic carbocycles. The lowest BCUT2D eigenvalue weighted by Crippen LogP contribution is -1.97. The van der Waals surface area contributed by atoms with Crippen molar-refractivity contribution in [1.82, 2.24) is 0 Å². The van der Waals surface area contributed by atoms with Crippen LogP contribution < -0.4 is 4.74 Å². The number of rotatable bonds is 8. The predicted molar refractivity (Wildman–Crippen MR) is 231 cm³/mol. The molecule has 0 atom stereocenters. The molecule has 0 spiro atoms. The largest absolute Gasteiger partial charge is 0.456 e. The number of hydrogen-bond donors (Lipinski definition) is 0. The Hall–Kier alpha value is -6.96. The zero-order valence-corrected chi connectivity index (χ0v) is 30.5. The summed E-state index contributed by atoms with van der Waals surface area (Å²) in [7, 11) is 0. The van der Waals surface area contributed by atoms with Gasteiger partial charge in [0.1, 0.15) is 11.5 Å². The fourth-order valence-corrected chi connectivity index (χ4v) is 8.50. The first kappa shape index (κ1) is 32.7. The molecule has 55 heavy (non-hydrogen) atoms. The van der Waals surface area contributed by atoms with Gasteiger partial charge in [0.05, 0.1) is 0 Å². The summed E-state index contributed by atoms with van der Waals surface area (Å²) >= 11 is 0. The number of benzene rings is 8. The Morgan fingerprint density at radius 2 is 0.636 bits per heavy atom. The molecule has 0 radical (unpaired) electrons. The molecule has 0 fully saturated rings. The van der Waals surface area contributed by atoms with E-state index in [2.05, 4.69) is 206 Å². The third kappa shape index (κ3) is 6.10. The second-order valence-electron chi connectivity index (χ2n) is 14.4. The zero-order valence-electron chi connectivity index (χ0n) is 30.5. The van der Waals surface area contributed by atoms with Crippen LogP contribution in [0.1, 0.15) is 44.5 Å². The predicted octanol–water partition coefficient (Wildman–Crippen LogP) is 14.3. The van der Waals surface area contributed by atoms with E-state index in [9.17, 15) is 0 Å². The Labute approximate surface area is 323 Å². The molecule has 8 aromatic rings. The van der Waals surface area contributed by atoms with Gasteiger partial charge < -0.3 is 4.74 Å². The molecule has 1 nitrogen and oxygen atoms in total. The highest BCUT2D eigenvalue weighted by atomic mass is 16.5. The lowest BCUT2D eigenvalue weighted by atomic mass is 9.91. The van der Waals surface area contributed by atoms with E-state index in [1.165, 1.54) is 55.6 Å². The van der Waals surface area contributed by atoms with Gasteiger partial charge in [-0.15, -0.1) is 0 Å². The molecule has 10 rings (SSSR count). The third-order valence-electron chi connectivity index (χ3n) is 11.1. The maximum absolute atomic E-state index is 7.20. The van der Waals surface area contributed by atoms with Crippen LogP contribution in [0.3, 0.4) is 0 Å². The van der Waals surface area contributed by atoms with E-state index >= 15 is 0 Å². The highest BCUT2D eigenvalue weighted by Crippen LogP contribution is 2.47. The first-order valence-corrected chi connectivity index (χ1v) is 19.1. The van der Waals surface area contributed by atoms with E-state index in [0.29, 0.717) is 0 Å². The summed E-state index contributed by atoms with van der Waals surface area (Å²) in [6.45, 7) is 0. The fourth-order valence-electron chi connectivity index (χ4n) is 8.50. The fraction of sp³-hybridized carbons (Fsp3) is 0.0370. The van der Waals surface area contributed by atoms with Crippen LogP contribution in [0.5, 0.6) is 11.5 Å². The summed E-state index contributed by atoms with van der Waals surface area (Å²) < 4.78 is 7.20. The standard InChI is InChI=1S/C54H38O/c1-3-15-37(16-4-1)31-33-49-45(47-25-11-23-43-41-21-9-7-19-39(41)35-51(43)47)27-13-29-53(49)55-54-30-14-28-46(50(54)34-32-38-17-5-2-6-18-38)48-26-12-24-44-42-22-10-8-20-40(42)36-52(44)48/h1-34H,35-36H2. The van der Waals surface area contributed by atoms with Gasteiger partial charge in [-0.3, -0.25) is 0 Å². The van der Waals surface area contributed by atoms with E-state index in [4.69, 9.17) is 4.74 Å². The van der Waals surface area contributed by atoms with Crippen LogP contribution in [0, 0.1) is 0 Å². The normalized spacial score (nSPS) is 12.4. The molecule has 0 aromatic heterocycles. The minimum absolute atomic E-state index is 0.815. The van der Waals surface area contributed by atoms with Gasteiger partial charge in [-0.1, -0.05) is 194 Å². The molecule has 0 unspecified atom stereocenters. The zero-order chi connectivity index (χ0) is 36.6. The highest BCUT2D eigenvalue weighted by molar-refractivity contribution is 5.92. The highest BCUT2D eigenvalue weighted by Gasteiger charge is 2.25. The van der Waals surface area contributed by atoms with E-state index in [-0.39, 0.29) is 0 Å². The number of fused-ring (bicyclic) bond motifs is 6. The summed E-state index contributed by atoms with van der Waals surface area (Å²) in [5.74, 6) is 1.63. The molecule has 0 saturated heterocycles. The van der Waals surface area contributed by atoms with Crippen molar-refractivity contribution >= 4 is 24.3 Å². The average molecular weight is 703 g/mol. The summed E-state index contributed by atoms with van der Waals surface area (Å²) in [5, 5.41) is 0. The van der Waals surface area contributed by atoms with Gasteiger partial charge in [-0.2, -0.15) is 0 Å². The van der Waals surface area contributed by atoms with Crippen molar-refractivity contribution in [3.8, 4) is 56.0 Å². The minimum Gasteiger partial charge on any atom is -0.456 e. The lowest BCUT2D eigenvalue weighted by Gasteiger charge is -2.19. The van der Waals surface area contributed by atoms with Gasteiger partial charge in [0.15, 0.2) is 0 Å². The first-order valence-electron chi connectivity index (χ1n) is 19.1. The smallest absolute Gasteiger partial charge is 0.135 e. The van der Waals surface area contributed by atoms with E-state index in [0.717, 1.165) is 57.7 Å². The van der Waals surface area contributed by atoms with Crippen LogP contribution in [0.25, 0.3) is 68.8 Å². The maximum atomic E-state index is 7.20. The van der Waals surface area contributed by atoms with Crippen molar-refractivity contribution < 1.29 is 4.74 Å². The van der Waals surface area contributed by atoms with Gasteiger partial charge in [-0.25, -0.2) is 0 Å². The monoisotopic (exact) mass is 702 g/mol. The van der Waals surface area contributed by atoms with Crippen LogP contribution >= 0.6 is 0 Å². The van der Waals surface area contributed by atoms with Gasteiger partial charge >= 0.3 is 0 Å². The van der Waals surface area contributed by atoms with Gasteiger partial charge in [0.25, 0.3) is 0 Å². The Morgan fingerprint density at radius 1 is 0.291 bits per heavy atom. The second kappa shape index (κ2) is 14.1. The molecular formula is C54H38O. The van der Waals surface area contributed by atoms with Crippen molar-refractivity contribution in [1.29, 1.82) is 0 Å². The summed E-state index contributed by atoms with van der Waals surface area (Å²) in [4.78, 5) is 0. The SMILES string of the molecule is C(=Cc1c(Oc2cccc(-c3cccc4c3Cc3ccccc3-4)c2C=Cc2ccccc2)cccc1-c1cccc2c1Cc1ccccc1-2)c1ccccc1. The van der Waals surface area contributed by atoms with Crippen molar-refractivity contribution in [2.45, 2.75) is 12.8 Å². The Kier molecular flexibility index (Phi) is 8.39. The molecule has 0 saturated carbocycles. The van der Waals surface area contributed by atoms with E-state index < -0.39 is 0 Å². The van der Waals surface area contributed by atoms with Gasteiger partial charge in [-0.05, 0) is 103 Å². The quantitative estimate of drug-likeness (QED) is 0.143. The number of hydrogen-bond acceptors (Lipinski definition) is 1. The minimum atomic E-state index is 0.815. The average Bonchev–Trinajstić information content (AvgIpc) is 3.82. The van der Waals surface area contributed by atoms with Gasteiger partial charge in [0, 0.05) is 11.1 Å². The Bertz CT molecular complexity index is 2580.